The topological polar surface area (TPSA) is 114 Å². The van der Waals surface area contributed by atoms with Crippen LogP contribution in [0.15, 0.2) is 36.7 Å². The highest BCUT2D eigenvalue weighted by Crippen LogP contribution is 2.34. The summed E-state index contributed by atoms with van der Waals surface area (Å²) in [5, 5.41) is 19.3. The first-order valence-electron chi connectivity index (χ1n) is 11.4. The molecule has 0 unspecified atom stereocenters. The van der Waals surface area contributed by atoms with E-state index in [1.165, 1.54) is 17.3 Å². The minimum atomic E-state index is -0.975. The van der Waals surface area contributed by atoms with E-state index in [2.05, 4.69) is 9.97 Å². The van der Waals surface area contributed by atoms with Gasteiger partial charge in [-0.3, -0.25) is 4.79 Å². The smallest absolute Gasteiger partial charge is 0.407 e. The number of hydrogen-bond acceptors (Lipinski definition) is 6. The Labute approximate surface area is 203 Å². The van der Waals surface area contributed by atoms with E-state index in [4.69, 9.17) is 16.9 Å². The predicted octanol–water partition coefficient (Wildman–Crippen LogP) is 3.21. The molecule has 0 radical (unpaired) electrons. The molecule has 2 saturated heterocycles. The van der Waals surface area contributed by atoms with Crippen molar-refractivity contribution in [3.8, 4) is 6.07 Å². The summed E-state index contributed by atoms with van der Waals surface area (Å²) < 4.78 is 0. The molecule has 0 spiro atoms. The molecule has 2 aromatic rings. The number of aromatic nitrogens is 2. The lowest BCUT2D eigenvalue weighted by Crippen LogP contribution is -2.45. The van der Waals surface area contributed by atoms with Crippen LogP contribution < -0.4 is 4.90 Å². The van der Waals surface area contributed by atoms with Crippen LogP contribution in [-0.2, 0) is 4.79 Å². The number of carboxylic acid groups (broad SMARTS) is 1. The molecule has 1 aromatic heterocycles. The van der Waals surface area contributed by atoms with Crippen molar-refractivity contribution in [2.24, 2.45) is 5.92 Å². The van der Waals surface area contributed by atoms with Crippen molar-refractivity contribution < 1.29 is 14.7 Å². The van der Waals surface area contributed by atoms with Gasteiger partial charge in [0.2, 0.25) is 11.9 Å². The van der Waals surface area contributed by atoms with E-state index in [1.54, 1.807) is 12.1 Å². The molecular formula is C24H27ClN6O3. The number of nitriles is 1. The molecular weight excluding hydrogens is 456 g/mol. The van der Waals surface area contributed by atoms with Gasteiger partial charge in [-0.2, -0.15) is 5.26 Å². The number of rotatable bonds is 5. The Kier molecular flexibility index (Phi) is 7.17. The summed E-state index contributed by atoms with van der Waals surface area (Å²) in [6.07, 6.45) is 3.37. The van der Waals surface area contributed by atoms with E-state index in [9.17, 15) is 14.7 Å². The summed E-state index contributed by atoms with van der Waals surface area (Å²) in [5.74, 6) is 0.404. The van der Waals surface area contributed by atoms with Gasteiger partial charge in [0.1, 0.15) is 6.07 Å². The van der Waals surface area contributed by atoms with Gasteiger partial charge in [-0.05, 0) is 37.5 Å². The average molecular weight is 483 g/mol. The second kappa shape index (κ2) is 10.3. The maximum absolute atomic E-state index is 13.4. The summed E-state index contributed by atoms with van der Waals surface area (Å²) in [6, 6.07) is 9.14. The summed E-state index contributed by atoms with van der Waals surface area (Å²) in [6.45, 7) is 4.33. The maximum atomic E-state index is 13.4. The van der Waals surface area contributed by atoms with Crippen molar-refractivity contribution in [2.45, 2.75) is 31.7 Å². The number of nitrogens with zero attached hydrogens (tertiary/aromatic N) is 6. The van der Waals surface area contributed by atoms with Gasteiger partial charge in [0.15, 0.2) is 0 Å². The Morgan fingerprint density at radius 1 is 1.18 bits per heavy atom. The first kappa shape index (κ1) is 23.8. The third kappa shape index (κ3) is 4.92. The minimum Gasteiger partial charge on any atom is -0.465 e. The highest BCUT2D eigenvalue weighted by molar-refractivity contribution is 6.30. The fourth-order valence-corrected chi connectivity index (χ4v) is 5.08. The van der Waals surface area contributed by atoms with Crippen molar-refractivity contribution in [1.29, 1.82) is 5.26 Å². The molecule has 0 saturated carbocycles. The van der Waals surface area contributed by atoms with Gasteiger partial charge in [-0.25, -0.2) is 14.8 Å². The van der Waals surface area contributed by atoms with Crippen LogP contribution in [-0.4, -0.2) is 75.6 Å². The van der Waals surface area contributed by atoms with Crippen LogP contribution in [0.5, 0.6) is 0 Å². The van der Waals surface area contributed by atoms with Gasteiger partial charge in [-0.15, -0.1) is 0 Å². The van der Waals surface area contributed by atoms with Crippen LogP contribution in [0.2, 0.25) is 5.02 Å². The average Bonchev–Trinajstić information content (AvgIpc) is 3.29. The second-order valence-electron chi connectivity index (χ2n) is 8.68. The third-order valence-corrected chi connectivity index (χ3v) is 7.03. The van der Waals surface area contributed by atoms with E-state index in [0.717, 1.165) is 5.56 Å². The van der Waals surface area contributed by atoms with E-state index < -0.39 is 6.09 Å². The predicted molar refractivity (Wildman–Crippen MR) is 127 cm³/mol. The number of amides is 2. The number of carbonyl (C=O) groups is 2. The first-order valence-corrected chi connectivity index (χ1v) is 11.8. The highest BCUT2D eigenvalue weighted by Gasteiger charge is 2.42. The normalized spacial score (nSPS) is 20.7. The number of likely N-dealkylation sites (tertiary alicyclic amines) is 1. The summed E-state index contributed by atoms with van der Waals surface area (Å²) in [7, 11) is 0. The zero-order valence-electron chi connectivity index (χ0n) is 19.0. The molecule has 10 heteroatoms. The van der Waals surface area contributed by atoms with Crippen molar-refractivity contribution in [1.82, 2.24) is 19.8 Å². The Morgan fingerprint density at radius 2 is 1.82 bits per heavy atom. The van der Waals surface area contributed by atoms with Gasteiger partial charge in [0, 0.05) is 49.6 Å². The summed E-state index contributed by atoms with van der Waals surface area (Å²) >= 11 is 6.05. The lowest BCUT2D eigenvalue weighted by molar-refractivity contribution is -0.135. The number of halogens is 1. The van der Waals surface area contributed by atoms with Crippen molar-refractivity contribution >= 4 is 29.5 Å². The molecule has 2 atom stereocenters. The lowest BCUT2D eigenvalue weighted by atomic mass is 9.93. The molecule has 3 heterocycles. The fourth-order valence-electron chi connectivity index (χ4n) is 4.96. The second-order valence-corrected chi connectivity index (χ2v) is 9.12. The van der Waals surface area contributed by atoms with Crippen LogP contribution in [0.1, 0.15) is 36.8 Å². The molecule has 1 N–H and O–H groups in total. The Hall–Kier alpha value is -3.38. The fraction of sp³-hybridized carbons (Fsp3) is 0.458. The summed E-state index contributed by atoms with van der Waals surface area (Å²) in [5.41, 5.74) is 1.40. The third-order valence-electron chi connectivity index (χ3n) is 6.78. The van der Waals surface area contributed by atoms with Crippen LogP contribution in [0.25, 0.3) is 0 Å². The van der Waals surface area contributed by atoms with Gasteiger partial charge in [-0.1, -0.05) is 23.7 Å². The molecule has 0 aliphatic carbocycles. The quantitative estimate of drug-likeness (QED) is 0.695. The monoisotopic (exact) mass is 482 g/mol. The van der Waals surface area contributed by atoms with Crippen LogP contribution in [0, 0.1) is 17.2 Å². The number of benzene rings is 1. The molecule has 2 fully saturated rings. The van der Waals surface area contributed by atoms with E-state index >= 15 is 0 Å². The van der Waals surface area contributed by atoms with E-state index in [0.29, 0.717) is 62.1 Å². The molecule has 34 heavy (non-hydrogen) atoms. The first-order chi connectivity index (χ1) is 16.4. The zero-order chi connectivity index (χ0) is 24.2. The number of anilines is 1. The SMILES string of the molecule is CCN(C(=O)O)[C@@H]1CN(C(=O)C2CCN(c3ncc(C#N)cn3)CC2)C[C@H]1c1ccc(Cl)cc1. The van der Waals surface area contributed by atoms with Crippen molar-refractivity contribution in [3.63, 3.8) is 0 Å². The number of carbonyl (C=O) groups excluding carboxylic acids is 1. The summed E-state index contributed by atoms with van der Waals surface area (Å²) in [4.78, 5) is 39.1. The zero-order valence-corrected chi connectivity index (χ0v) is 19.7. The number of hydrogen-bond donors (Lipinski definition) is 1. The largest absolute Gasteiger partial charge is 0.465 e. The van der Waals surface area contributed by atoms with Crippen LogP contribution >= 0.6 is 11.6 Å². The van der Waals surface area contributed by atoms with Gasteiger partial charge >= 0.3 is 6.09 Å². The van der Waals surface area contributed by atoms with Crippen LogP contribution in [0.3, 0.4) is 0 Å². The maximum Gasteiger partial charge on any atom is 0.407 e. The Bertz CT molecular complexity index is 1060. The molecule has 4 rings (SSSR count). The van der Waals surface area contributed by atoms with Crippen molar-refractivity contribution in [3.05, 3.63) is 52.8 Å². The van der Waals surface area contributed by atoms with E-state index in [1.807, 2.05) is 34.9 Å². The molecule has 178 valence electrons. The van der Waals surface area contributed by atoms with Gasteiger partial charge in [0.25, 0.3) is 0 Å². The number of piperidine rings is 1. The molecule has 2 aliphatic rings. The van der Waals surface area contributed by atoms with Crippen molar-refractivity contribution in [2.75, 3.05) is 37.6 Å². The Balaban J connectivity index is 1.44. The van der Waals surface area contributed by atoms with Gasteiger partial charge < -0.3 is 19.8 Å². The lowest BCUT2D eigenvalue weighted by Gasteiger charge is -2.33. The molecule has 0 bridgehead atoms. The van der Waals surface area contributed by atoms with E-state index in [-0.39, 0.29) is 23.8 Å². The molecule has 9 nitrogen and oxygen atoms in total. The molecule has 2 amide bonds. The van der Waals surface area contributed by atoms with Crippen LogP contribution in [0.4, 0.5) is 10.7 Å². The molecule has 2 aliphatic heterocycles. The Morgan fingerprint density at radius 3 is 2.38 bits per heavy atom. The van der Waals surface area contributed by atoms with Gasteiger partial charge in [0.05, 0.1) is 24.0 Å². The standard InChI is InChI=1S/C24H27ClN6O3/c1-2-31(24(33)34)21-15-30(14-20(21)17-3-5-19(25)6-4-17)22(32)18-7-9-29(10-8-18)23-27-12-16(11-26)13-28-23/h3-6,12-13,18,20-21H,2,7-10,14-15H2,1H3,(H,33,34)/t20-,21+/m0/s1. The minimum absolute atomic E-state index is 0.0725. The molecule has 1 aromatic carbocycles. The highest BCUT2D eigenvalue weighted by atomic mass is 35.5. The number of likely N-dealkylation sites (N-methyl/N-ethyl adjacent to an activating group) is 1.